The number of rotatable bonds is 7. The average molecular weight is 249 g/mol. The molecule has 0 aliphatic heterocycles. The second kappa shape index (κ2) is 7.88. The van der Waals surface area contributed by atoms with Crippen LogP contribution in [0.1, 0.15) is 38.3 Å². The minimum Gasteiger partial charge on any atom is -0.466 e. The van der Waals surface area contributed by atoms with Crippen LogP contribution in [0.25, 0.3) is 0 Å². The number of hydrogen-bond donors (Lipinski definition) is 1. The van der Waals surface area contributed by atoms with Gasteiger partial charge in [0.05, 0.1) is 13.0 Å². The molecule has 1 aromatic carbocycles. The molecule has 1 aromatic rings. The summed E-state index contributed by atoms with van der Waals surface area (Å²) in [5, 5.41) is 3.36. The summed E-state index contributed by atoms with van der Waals surface area (Å²) >= 11 is 0. The molecule has 0 radical (unpaired) electrons. The summed E-state index contributed by atoms with van der Waals surface area (Å²) in [4.78, 5) is 11.3. The molecule has 0 aromatic heterocycles. The predicted molar refractivity (Wildman–Crippen MR) is 73.4 cm³/mol. The van der Waals surface area contributed by atoms with Gasteiger partial charge in [0.15, 0.2) is 0 Å². The third kappa shape index (κ3) is 4.88. The Bertz CT molecular complexity index is 377. The number of benzene rings is 1. The van der Waals surface area contributed by atoms with Crippen molar-refractivity contribution in [1.29, 1.82) is 0 Å². The zero-order chi connectivity index (χ0) is 13.4. The van der Waals surface area contributed by atoms with Gasteiger partial charge in [-0.05, 0) is 31.4 Å². The van der Waals surface area contributed by atoms with Gasteiger partial charge in [-0.1, -0.05) is 31.2 Å². The van der Waals surface area contributed by atoms with Crippen LogP contribution in [0, 0.1) is 0 Å². The van der Waals surface area contributed by atoms with E-state index in [1.54, 1.807) is 0 Å². The highest BCUT2D eigenvalue weighted by Crippen LogP contribution is 2.09. The minimum absolute atomic E-state index is 0.133. The number of nitrogens with one attached hydrogen (secondary N) is 1. The van der Waals surface area contributed by atoms with Crippen molar-refractivity contribution in [2.45, 2.75) is 46.2 Å². The van der Waals surface area contributed by atoms with Crippen LogP contribution < -0.4 is 5.32 Å². The van der Waals surface area contributed by atoms with Gasteiger partial charge in [0.1, 0.15) is 0 Å². The molecule has 3 nitrogen and oxygen atoms in total. The summed E-state index contributed by atoms with van der Waals surface area (Å²) in [6.07, 6.45) is 1.45. The van der Waals surface area contributed by atoms with Crippen LogP contribution in [0.4, 0.5) is 0 Å². The van der Waals surface area contributed by atoms with Crippen molar-refractivity contribution in [1.82, 2.24) is 5.32 Å². The van der Waals surface area contributed by atoms with Gasteiger partial charge >= 0.3 is 5.97 Å². The van der Waals surface area contributed by atoms with Crippen molar-refractivity contribution in [2.75, 3.05) is 6.61 Å². The predicted octanol–water partition coefficient (Wildman–Crippen LogP) is 2.68. The van der Waals surface area contributed by atoms with E-state index >= 15 is 0 Å². The van der Waals surface area contributed by atoms with Crippen molar-refractivity contribution in [3.05, 3.63) is 35.4 Å². The van der Waals surface area contributed by atoms with E-state index in [1.165, 1.54) is 11.1 Å². The zero-order valence-corrected chi connectivity index (χ0v) is 11.5. The van der Waals surface area contributed by atoms with Crippen LogP contribution in [-0.4, -0.2) is 18.6 Å². The Hall–Kier alpha value is -1.35. The first-order chi connectivity index (χ1) is 8.67. The van der Waals surface area contributed by atoms with Gasteiger partial charge in [0, 0.05) is 12.6 Å². The molecule has 0 fully saturated rings. The Labute approximate surface area is 110 Å². The lowest BCUT2D eigenvalue weighted by Gasteiger charge is -2.14. The Balaban J connectivity index is 2.42. The second-order valence-corrected chi connectivity index (χ2v) is 4.41. The first-order valence-corrected chi connectivity index (χ1v) is 6.63. The van der Waals surface area contributed by atoms with Crippen molar-refractivity contribution in [2.24, 2.45) is 0 Å². The summed E-state index contributed by atoms with van der Waals surface area (Å²) in [6.45, 7) is 7.23. The van der Waals surface area contributed by atoms with Gasteiger partial charge in [-0.15, -0.1) is 0 Å². The van der Waals surface area contributed by atoms with Crippen LogP contribution >= 0.6 is 0 Å². The smallest absolute Gasteiger partial charge is 0.307 e. The number of ether oxygens (including phenoxy) is 1. The normalized spacial score (nSPS) is 12.2. The topological polar surface area (TPSA) is 38.3 Å². The van der Waals surface area contributed by atoms with Gasteiger partial charge in [0.25, 0.3) is 0 Å². The van der Waals surface area contributed by atoms with Crippen molar-refractivity contribution >= 4 is 5.97 Å². The van der Waals surface area contributed by atoms with Crippen molar-refractivity contribution in [3.8, 4) is 0 Å². The van der Waals surface area contributed by atoms with E-state index in [0.717, 1.165) is 13.0 Å². The van der Waals surface area contributed by atoms with Crippen molar-refractivity contribution < 1.29 is 9.53 Å². The van der Waals surface area contributed by atoms with E-state index in [9.17, 15) is 4.79 Å². The Morgan fingerprint density at radius 3 is 2.56 bits per heavy atom. The Morgan fingerprint density at radius 2 is 1.94 bits per heavy atom. The molecule has 0 amide bonds. The summed E-state index contributed by atoms with van der Waals surface area (Å²) in [7, 11) is 0. The third-order valence-electron chi connectivity index (χ3n) is 2.92. The van der Waals surface area contributed by atoms with Gasteiger partial charge in [-0.25, -0.2) is 0 Å². The molecular formula is C15H23NO2. The quantitative estimate of drug-likeness (QED) is 0.755. The van der Waals surface area contributed by atoms with Crippen molar-refractivity contribution in [3.63, 3.8) is 0 Å². The molecule has 0 saturated carbocycles. The molecule has 1 rings (SSSR count). The van der Waals surface area contributed by atoms with E-state index in [-0.39, 0.29) is 12.0 Å². The average Bonchev–Trinajstić information content (AvgIpc) is 2.37. The first-order valence-electron chi connectivity index (χ1n) is 6.63. The van der Waals surface area contributed by atoms with Gasteiger partial charge in [0.2, 0.25) is 0 Å². The number of carbonyl (C=O) groups is 1. The maximum absolute atomic E-state index is 11.3. The molecule has 0 heterocycles. The molecule has 0 aliphatic rings. The maximum Gasteiger partial charge on any atom is 0.307 e. The molecular weight excluding hydrogens is 226 g/mol. The summed E-state index contributed by atoms with van der Waals surface area (Å²) in [5.74, 6) is -0.138. The largest absolute Gasteiger partial charge is 0.466 e. The number of hydrogen-bond acceptors (Lipinski definition) is 3. The van der Waals surface area contributed by atoms with Gasteiger partial charge in [-0.3, -0.25) is 4.79 Å². The lowest BCUT2D eigenvalue weighted by atomic mass is 10.1. The van der Waals surface area contributed by atoms with Gasteiger partial charge < -0.3 is 10.1 Å². The van der Waals surface area contributed by atoms with Crippen LogP contribution in [0.2, 0.25) is 0 Å². The fourth-order valence-corrected chi connectivity index (χ4v) is 1.90. The second-order valence-electron chi connectivity index (χ2n) is 4.41. The Kier molecular flexibility index (Phi) is 6.44. The number of carbonyl (C=O) groups excluding carboxylic acids is 1. The van der Waals surface area contributed by atoms with Crippen LogP contribution in [0.5, 0.6) is 0 Å². The zero-order valence-electron chi connectivity index (χ0n) is 11.5. The lowest BCUT2D eigenvalue weighted by Crippen LogP contribution is -2.29. The Morgan fingerprint density at radius 1 is 1.28 bits per heavy atom. The summed E-state index contributed by atoms with van der Waals surface area (Å²) in [5.41, 5.74) is 2.66. The van der Waals surface area contributed by atoms with E-state index in [1.807, 2.05) is 19.9 Å². The third-order valence-corrected chi connectivity index (χ3v) is 2.92. The standard InChI is InChI=1S/C15H23NO2/c1-4-13-8-6-7-9-14(13)11-16-12(3)10-15(17)18-5-2/h6-9,12,16H,4-5,10-11H2,1-3H3. The SMILES string of the molecule is CCOC(=O)CC(C)NCc1ccccc1CC. The first kappa shape index (κ1) is 14.7. The molecule has 1 unspecified atom stereocenters. The fraction of sp³-hybridized carbons (Fsp3) is 0.533. The van der Waals surface area contributed by atoms with Gasteiger partial charge in [-0.2, -0.15) is 0 Å². The van der Waals surface area contributed by atoms with E-state index < -0.39 is 0 Å². The highest BCUT2D eigenvalue weighted by atomic mass is 16.5. The lowest BCUT2D eigenvalue weighted by molar-refractivity contribution is -0.143. The van der Waals surface area contributed by atoms with E-state index in [4.69, 9.17) is 4.74 Å². The molecule has 1 N–H and O–H groups in total. The number of esters is 1. The van der Waals surface area contributed by atoms with Crippen LogP contribution in [0.3, 0.4) is 0 Å². The molecule has 0 bridgehead atoms. The summed E-state index contributed by atoms with van der Waals surface area (Å²) < 4.78 is 4.93. The maximum atomic E-state index is 11.3. The fourth-order valence-electron chi connectivity index (χ4n) is 1.90. The van der Waals surface area contributed by atoms with E-state index in [2.05, 4.69) is 30.4 Å². The van der Waals surface area contributed by atoms with Crippen LogP contribution in [0.15, 0.2) is 24.3 Å². The number of aryl methyl sites for hydroxylation is 1. The molecule has 1 atom stereocenters. The van der Waals surface area contributed by atoms with E-state index in [0.29, 0.717) is 13.0 Å². The molecule has 0 aliphatic carbocycles. The molecule has 3 heteroatoms. The molecule has 0 spiro atoms. The van der Waals surface area contributed by atoms with Crippen LogP contribution in [-0.2, 0) is 22.5 Å². The highest BCUT2D eigenvalue weighted by molar-refractivity contribution is 5.70. The molecule has 100 valence electrons. The molecule has 18 heavy (non-hydrogen) atoms. The summed E-state index contributed by atoms with van der Waals surface area (Å²) in [6, 6.07) is 8.51. The highest BCUT2D eigenvalue weighted by Gasteiger charge is 2.09. The molecule has 0 saturated heterocycles. The minimum atomic E-state index is -0.138. The monoisotopic (exact) mass is 249 g/mol.